The predicted octanol–water partition coefficient (Wildman–Crippen LogP) is 2.03. The van der Waals surface area contributed by atoms with Crippen LogP contribution in [0, 0.1) is 13.8 Å². The maximum Gasteiger partial charge on any atom is 0.250 e. The van der Waals surface area contributed by atoms with Gasteiger partial charge in [0.1, 0.15) is 6.54 Å². The van der Waals surface area contributed by atoms with E-state index in [1.165, 1.54) is 0 Å². The molecule has 3 rings (SSSR count). The number of amides is 1. The predicted molar refractivity (Wildman–Crippen MR) is 99.8 cm³/mol. The lowest BCUT2D eigenvalue weighted by Crippen LogP contribution is -2.28. The van der Waals surface area contributed by atoms with Gasteiger partial charge in [0, 0.05) is 24.5 Å². The lowest BCUT2D eigenvalue weighted by Gasteiger charge is -2.09. The number of pyridine rings is 1. The van der Waals surface area contributed by atoms with Crippen molar-refractivity contribution in [2.75, 3.05) is 0 Å². The molecule has 0 bridgehead atoms. The SMILES string of the molecule is Cc1cc(C)n(CC(=O)NCc2ccc(Cn3ccccc3=O)cc2)n1. The van der Waals surface area contributed by atoms with E-state index in [0.29, 0.717) is 13.1 Å². The fourth-order valence-electron chi connectivity index (χ4n) is 2.78. The van der Waals surface area contributed by atoms with Crippen molar-refractivity contribution in [2.24, 2.45) is 0 Å². The molecule has 0 spiro atoms. The number of hydrogen-bond acceptors (Lipinski definition) is 3. The number of aromatic nitrogens is 3. The number of rotatable bonds is 6. The Hall–Kier alpha value is -3.15. The minimum atomic E-state index is -0.0730. The van der Waals surface area contributed by atoms with E-state index >= 15 is 0 Å². The summed E-state index contributed by atoms with van der Waals surface area (Å²) in [4.78, 5) is 23.8. The van der Waals surface area contributed by atoms with Crippen LogP contribution in [0.3, 0.4) is 0 Å². The molecule has 0 saturated heterocycles. The van der Waals surface area contributed by atoms with Crippen LogP contribution < -0.4 is 10.9 Å². The molecule has 134 valence electrons. The zero-order chi connectivity index (χ0) is 18.5. The highest BCUT2D eigenvalue weighted by atomic mass is 16.2. The molecule has 3 aromatic rings. The fourth-order valence-corrected chi connectivity index (χ4v) is 2.78. The second kappa shape index (κ2) is 7.82. The van der Waals surface area contributed by atoms with Crippen molar-refractivity contribution in [3.63, 3.8) is 0 Å². The van der Waals surface area contributed by atoms with Crippen molar-refractivity contribution < 1.29 is 4.79 Å². The zero-order valence-corrected chi connectivity index (χ0v) is 15.0. The molecule has 1 amide bonds. The Morgan fingerprint density at radius 3 is 2.46 bits per heavy atom. The van der Waals surface area contributed by atoms with E-state index in [9.17, 15) is 9.59 Å². The topological polar surface area (TPSA) is 68.9 Å². The van der Waals surface area contributed by atoms with Crippen LogP contribution in [0.5, 0.6) is 0 Å². The summed E-state index contributed by atoms with van der Waals surface area (Å²) in [6.45, 7) is 5.05. The number of aryl methyl sites for hydroxylation is 2. The summed E-state index contributed by atoms with van der Waals surface area (Å²) in [5, 5.41) is 7.20. The van der Waals surface area contributed by atoms with Crippen LogP contribution in [-0.4, -0.2) is 20.3 Å². The number of hydrogen-bond donors (Lipinski definition) is 1. The molecule has 0 atom stereocenters. The minimum Gasteiger partial charge on any atom is -0.350 e. The van der Waals surface area contributed by atoms with Crippen LogP contribution >= 0.6 is 0 Å². The Morgan fingerprint density at radius 1 is 1.08 bits per heavy atom. The van der Waals surface area contributed by atoms with E-state index < -0.39 is 0 Å². The molecule has 0 unspecified atom stereocenters. The lowest BCUT2D eigenvalue weighted by atomic mass is 10.1. The van der Waals surface area contributed by atoms with E-state index in [1.807, 2.05) is 50.2 Å². The normalized spacial score (nSPS) is 10.7. The van der Waals surface area contributed by atoms with Gasteiger partial charge < -0.3 is 9.88 Å². The molecule has 6 nitrogen and oxygen atoms in total. The molecule has 6 heteroatoms. The molecule has 0 saturated carbocycles. The Bertz CT molecular complexity index is 954. The van der Waals surface area contributed by atoms with Crippen LogP contribution in [0.25, 0.3) is 0 Å². The van der Waals surface area contributed by atoms with Crippen molar-refractivity contribution in [1.29, 1.82) is 0 Å². The summed E-state index contributed by atoms with van der Waals surface area (Å²) in [5.74, 6) is -0.0730. The van der Waals surface area contributed by atoms with Gasteiger partial charge in [-0.1, -0.05) is 30.3 Å². The molecule has 0 aliphatic carbocycles. The highest BCUT2D eigenvalue weighted by Crippen LogP contribution is 2.06. The molecule has 0 aliphatic heterocycles. The van der Waals surface area contributed by atoms with E-state index in [4.69, 9.17) is 0 Å². The summed E-state index contributed by atoms with van der Waals surface area (Å²) in [5.41, 5.74) is 3.90. The van der Waals surface area contributed by atoms with E-state index in [0.717, 1.165) is 22.5 Å². The third-order valence-electron chi connectivity index (χ3n) is 4.16. The van der Waals surface area contributed by atoms with Gasteiger partial charge in [-0.2, -0.15) is 5.10 Å². The van der Waals surface area contributed by atoms with Crippen LogP contribution in [0.4, 0.5) is 0 Å². The molecule has 26 heavy (non-hydrogen) atoms. The molecular formula is C20H22N4O2. The van der Waals surface area contributed by atoms with E-state index in [-0.39, 0.29) is 18.0 Å². The molecule has 0 fully saturated rings. The first-order valence-electron chi connectivity index (χ1n) is 8.52. The summed E-state index contributed by atoms with van der Waals surface area (Å²) in [6.07, 6.45) is 1.77. The molecule has 2 heterocycles. The maximum atomic E-state index is 12.1. The Morgan fingerprint density at radius 2 is 1.81 bits per heavy atom. The van der Waals surface area contributed by atoms with E-state index in [1.54, 1.807) is 27.6 Å². The fraction of sp³-hybridized carbons (Fsp3) is 0.250. The van der Waals surface area contributed by atoms with Gasteiger partial charge in [0.15, 0.2) is 0 Å². The molecule has 0 radical (unpaired) electrons. The zero-order valence-electron chi connectivity index (χ0n) is 15.0. The molecule has 1 aromatic carbocycles. The summed E-state index contributed by atoms with van der Waals surface area (Å²) >= 11 is 0. The lowest BCUT2D eigenvalue weighted by molar-refractivity contribution is -0.122. The third-order valence-corrected chi connectivity index (χ3v) is 4.16. The smallest absolute Gasteiger partial charge is 0.250 e. The van der Waals surface area contributed by atoms with Crippen molar-refractivity contribution in [2.45, 2.75) is 33.5 Å². The molecular weight excluding hydrogens is 328 g/mol. The summed E-state index contributed by atoms with van der Waals surface area (Å²) in [6, 6.07) is 14.9. The second-order valence-electron chi connectivity index (χ2n) is 6.34. The first kappa shape index (κ1) is 17.7. The number of carbonyl (C=O) groups excluding carboxylic acids is 1. The van der Waals surface area contributed by atoms with Crippen LogP contribution in [0.15, 0.2) is 59.5 Å². The van der Waals surface area contributed by atoms with Gasteiger partial charge in [-0.05, 0) is 37.1 Å². The Labute approximate surface area is 152 Å². The first-order chi connectivity index (χ1) is 12.5. The largest absolute Gasteiger partial charge is 0.350 e. The number of nitrogens with zero attached hydrogens (tertiary/aromatic N) is 3. The Balaban J connectivity index is 1.54. The highest BCUT2D eigenvalue weighted by Gasteiger charge is 2.07. The van der Waals surface area contributed by atoms with Crippen LogP contribution in [0.1, 0.15) is 22.5 Å². The minimum absolute atomic E-state index is 0.0204. The second-order valence-corrected chi connectivity index (χ2v) is 6.34. The average molecular weight is 350 g/mol. The highest BCUT2D eigenvalue weighted by molar-refractivity contribution is 5.75. The van der Waals surface area contributed by atoms with Crippen molar-refractivity contribution >= 4 is 5.91 Å². The summed E-state index contributed by atoms with van der Waals surface area (Å²) < 4.78 is 3.36. The van der Waals surface area contributed by atoms with Gasteiger partial charge in [-0.3, -0.25) is 14.3 Å². The van der Waals surface area contributed by atoms with Gasteiger partial charge in [-0.25, -0.2) is 0 Å². The molecule has 1 N–H and O–H groups in total. The van der Waals surface area contributed by atoms with Crippen molar-refractivity contribution in [1.82, 2.24) is 19.7 Å². The van der Waals surface area contributed by atoms with Crippen molar-refractivity contribution in [3.05, 3.63) is 87.6 Å². The average Bonchev–Trinajstić information content (AvgIpc) is 2.93. The Kier molecular flexibility index (Phi) is 5.31. The van der Waals surface area contributed by atoms with Gasteiger partial charge >= 0.3 is 0 Å². The quantitative estimate of drug-likeness (QED) is 0.739. The molecule has 0 aliphatic rings. The first-order valence-corrected chi connectivity index (χ1v) is 8.52. The van der Waals surface area contributed by atoms with Gasteiger partial charge in [0.2, 0.25) is 5.91 Å². The number of benzene rings is 1. The maximum absolute atomic E-state index is 12.1. The van der Waals surface area contributed by atoms with Crippen LogP contribution in [-0.2, 0) is 24.4 Å². The van der Waals surface area contributed by atoms with Crippen LogP contribution in [0.2, 0.25) is 0 Å². The van der Waals surface area contributed by atoms with E-state index in [2.05, 4.69) is 10.4 Å². The molecule has 2 aromatic heterocycles. The third kappa shape index (κ3) is 4.47. The summed E-state index contributed by atoms with van der Waals surface area (Å²) in [7, 11) is 0. The van der Waals surface area contributed by atoms with Gasteiger partial charge in [0.05, 0.1) is 12.2 Å². The van der Waals surface area contributed by atoms with Crippen molar-refractivity contribution in [3.8, 4) is 0 Å². The monoisotopic (exact) mass is 350 g/mol. The van der Waals surface area contributed by atoms with Gasteiger partial charge in [0.25, 0.3) is 5.56 Å². The van der Waals surface area contributed by atoms with Gasteiger partial charge in [-0.15, -0.1) is 0 Å². The standard InChI is InChI=1S/C20H22N4O2/c1-15-11-16(2)24(22-15)14-19(25)21-12-17-6-8-18(9-7-17)13-23-10-4-3-5-20(23)26/h3-11H,12-14H2,1-2H3,(H,21,25). The number of nitrogens with one attached hydrogen (secondary N) is 1. The number of carbonyl (C=O) groups is 1.